The number of nitro groups is 1. The molecule has 0 saturated heterocycles. The van der Waals surface area contributed by atoms with Gasteiger partial charge in [0.2, 0.25) is 0 Å². The first-order valence-electron chi connectivity index (χ1n) is 7.52. The molecule has 2 N–H and O–H groups in total. The molecule has 0 spiro atoms. The third-order valence-electron chi connectivity index (χ3n) is 3.90. The van der Waals surface area contributed by atoms with E-state index in [-0.39, 0.29) is 18.8 Å². The second kappa shape index (κ2) is 6.32. The Morgan fingerprint density at radius 1 is 1.42 bits per heavy atom. The van der Waals surface area contributed by atoms with Crippen LogP contribution in [0, 0.1) is 24.0 Å². The molecule has 0 aliphatic heterocycles. The van der Waals surface area contributed by atoms with E-state index in [9.17, 15) is 15.2 Å². The van der Waals surface area contributed by atoms with E-state index < -0.39 is 11.0 Å². The molecule has 2 aromatic heterocycles. The van der Waals surface area contributed by atoms with Crippen molar-refractivity contribution in [2.24, 2.45) is 0 Å². The van der Waals surface area contributed by atoms with Crippen LogP contribution in [0.15, 0.2) is 30.5 Å². The smallest absolute Gasteiger partial charge is 0.312 e. The third-order valence-corrected chi connectivity index (χ3v) is 3.90. The standard InChI is InChI=1S/C16H18N4O4/c1-10-16(20(22)23)11(2)19(18-10)8-12(21)9-24-15-5-3-4-14-13(15)6-7-17-14/h3-7,12,17,21H,8-9H2,1-2H3/t12-/m0/s1. The van der Waals surface area contributed by atoms with Crippen LogP contribution in [0.5, 0.6) is 5.75 Å². The van der Waals surface area contributed by atoms with Gasteiger partial charge in [0.25, 0.3) is 0 Å². The molecular weight excluding hydrogens is 312 g/mol. The molecule has 0 bridgehead atoms. The number of rotatable bonds is 6. The maximum absolute atomic E-state index is 11.0. The van der Waals surface area contributed by atoms with Crippen molar-refractivity contribution in [3.8, 4) is 5.75 Å². The van der Waals surface area contributed by atoms with E-state index in [1.807, 2.05) is 30.5 Å². The van der Waals surface area contributed by atoms with E-state index in [0.717, 1.165) is 10.9 Å². The van der Waals surface area contributed by atoms with Crippen LogP contribution in [0.4, 0.5) is 5.69 Å². The van der Waals surface area contributed by atoms with Gasteiger partial charge in [-0.05, 0) is 32.0 Å². The summed E-state index contributed by atoms with van der Waals surface area (Å²) in [4.78, 5) is 13.7. The first-order chi connectivity index (χ1) is 11.5. The summed E-state index contributed by atoms with van der Waals surface area (Å²) in [6.45, 7) is 3.39. The minimum Gasteiger partial charge on any atom is -0.490 e. The van der Waals surface area contributed by atoms with Crippen molar-refractivity contribution >= 4 is 16.6 Å². The number of nitrogens with zero attached hydrogens (tertiary/aromatic N) is 3. The van der Waals surface area contributed by atoms with Crippen molar-refractivity contribution in [2.75, 3.05) is 6.61 Å². The van der Waals surface area contributed by atoms with E-state index in [1.54, 1.807) is 13.8 Å². The Labute approximate surface area is 137 Å². The van der Waals surface area contributed by atoms with Crippen molar-refractivity contribution in [3.63, 3.8) is 0 Å². The number of aliphatic hydroxyl groups excluding tert-OH is 1. The van der Waals surface area contributed by atoms with Crippen molar-refractivity contribution < 1.29 is 14.8 Å². The second-order valence-corrected chi connectivity index (χ2v) is 5.62. The number of fused-ring (bicyclic) bond motifs is 1. The molecule has 8 heteroatoms. The fourth-order valence-electron chi connectivity index (χ4n) is 2.75. The lowest BCUT2D eigenvalue weighted by Crippen LogP contribution is -2.24. The number of aromatic amines is 1. The van der Waals surface area contributed by atoms with E-state index in [1.165, 1.54) is 4.68 Å². The summed E-state index contributed by atoms with van der Waals surface area (Å²) in [5.41, 5.74) is 1.70. The molecule has 3 aromatic rings. The highest BCUT2D eigenvalue weighted by Crippen LogP contribution is 2.25. The van der Waals surface area contributed by atoms with Gasteiger partial charge in [-0.2, -0.15) is 5.10 Å². The Bertz CT molecular complexity index is 883. The quantitative estimate of drug-likeness (QED) is 0.533. The summed E-state index contributed by atoms with van der Waals surface area (Å²) < 4.78 is 7.13. The summed E-state index contributed by atoms with van der Waals surface area (Å²) >= 11 is 0. The zero-order valence-corrected chi connectivity index (χ0v) is 13.4. The number of aliphatic hydroxyl groups is 1. The summed E-state index contributed by atoms with van der Waals surface area (Å²) in [7, 11) is 0. The van der Waals surface area contributed by atoms with E-state index in [0.29, 0.717) is 17.1 Å². The first kappa shape index (κ1) is 16.0. The highest BCUT2D eigenvalue weighted by Gasteiger charge is 2.23. The Morgan fingerprint density at radius 2 is 2.21 bits per heavy atom. The molecule has 1 atom stereocenters. The normalized spacial score (nSPS) is 12.5. The van der Waals surface area contributed by atoms with Crippen molar-refractivity contribution in [3.05, 3.63) is 52.0 Å². The molecule has 24 heavy (non-hydrogen) atoms. The van der Waals surface area contributed by atoms with Gasteiger partial charge < -0.3 is 14.8 Å². The molecule has 0 fully saturated rings. The highest BCUT2D eigenvalue weighted by molar-refractivity contribution is 5.85. The van der Waals surface area contributed by atoms with Gasteiger partial charge in [-0.15, -0.1) is 0 Å². The van der Waals surface area contributed by atoms with Crippen LogP contribution in [0.25, 0.3) is 10.9 Å². The summed E-state index contributed by atoms with van der Waals surface area (Å²) in [6.07, 6.45) is 0.986. The molecule has 0 aliphatic rings. The van der Waals surface area contributed by atoms with Crippen LogP contribution in [-0.2, 0) is 6.54 Å². The molecule has 1 aromatic carbocycles. The average molecular weight is 330 g/mol. The molecule has 3 rings (SSSR count). The van der Waals surface area contributed by atoms with Gasteiger partial charge >= 0.3 is 5.69 Å². The number of H-pyrrole nitrogens is 1. The van der Waals surface area contributed by atoms with Gasteiger partial charge in [-0.3, -0.25) is 14.8 Å². The van der Waals surface area contributed by atoms with Gasteiger partial charge in [0, 0.05) is 17.1 Å². The van der Waals surface area contributed by atoms with E-state index in [4.69, 9.17) is 4.74 Å². The summed E-state index contributed by atoms with van der Waals surface area (Å²) in [5.74, 6) is 0.673. The number of aromatic nitrogens is 3. The Hall–Kier alpha value is -2.87. The lowest BCUT2D eigenvalue weighted by atomic mass is 10.2. The minimum atomic E-state index is -0.836. The molecular formula is C16H18N4O4. The van der Waals surface area contributed by atoms with Crippen LogP contribution in [0.1, 0.15) is 11.4 Å². The predicted octanol–water partition coefficient (Wildman–Crippen LogP) is 2.33. The highest BCUT2D eigenvalue weighted by atomic mass is 16.6. The van der Waals surface area contributed by atoms with E-state index >= 15 is 0 Å². The molecule has 0 amide bonds. The van der Waals surface area contributed by atoms with Gasteiger partial charge in [-0.25, -0.2) is 0 Å². The molecule has 8 nitrogen and oxygen atoms in total. The Balaban J connectivity index is 1.68. The summed E-state index contributed by atoms with van der Waals surface area (Å²) in [6, 6.07) is 7.54. The number of hydrogen-bond acceptors (Lipinski definition) is 5. The molecule has 2 heterocycles. The molecule has 0 unspecified atom stereocenters. The lowest BCUT2D eigenvalue weighted by Gasteiger charge is -2.13. The zero-order chi connectivity index (χ0) is 17.3. The molecule has 0 saturated carbocycles. The SMILES string of the molecule is Cc1nn(C[C@H](O)COc2cccc3[nH]ccc23)c(C)c1[N+](=O)[O-]. The van der Waals surface area contributed by atoms with Crippen molar-refractivity contribution in [2.45, 2.75) is 26.5 Å². The Kier molecular flexibility index (Phi) is 4.22. The molecule has 126 valence electrons. The van der Waals surface area contributed by atoms with Gasteiger partial charge in [0.15, 0.2) is 0 Å². The first-order valence-corrected chi connectivity index (χ1v) is 7.52. The fourth-order valence-corrected chi connectivity index (χ4v) is 2.75. The van der Waals surface area contributed by atoms with Crippen LogP contribution in [0.2, 0.25) is 0 Å². The second-order valence-electron chi connectivity index (χ2n) is 5.62. The van der Waals surface area contributed by atoms with E-state index in [2.05, 4.69) is 10.1 Å². The number of aryl methyl sites for hydroxylation is 1. The fraction of sp³-hybridized carbons (Fsp3) is 0.312. The van der Waals surface area contributed by atoms with Crippen LogP contribution in [-0.4, -0.2) is 37.5 Å². The molecule has 0 aliphatic carbocycles. The maximum Gasteiger partial charge on any atom is 0.312 e. The predicted molar refractivity (Wildman–Crippen MR) is 88.2 cm³/mol. The van der Waals surface area contributed by atoms with Gasteiger partial charge in [0.05, 0.1) is 11.5 Å². The van der Waals surface area contributed by atoms with Crippen molar-refractivity contribution in [1.29, 1.82) is 0 Å². The average Bonchev–Trinajstić information content (AvgIpc) is 3.10. The van der Waals surface area contributed by atoms with Crippen LogP contribution >= 0.6 is 0 Å². The number of nitrogens with one attached hydrogen (secondary N) is 1. The Morgan fingerprint density at radius 3 is 2.92 bits per heavy atom. The lowest BCUT2D eigenvalue weighted by molar-refractivity contribution is -0.386. The summed E-state index contributed by atoms with van der Waals surface area (Å²) in [5, 5.41) is 26.3. The number of hydrogen-bond donors (Lipinski definition) is 2. The largest absolute Gasteiger partial charge is 0.490 e. The number of benzene rings is 1. The topological polar surface area (TPSA) is 106 Å². The monoisotopic (exact) mass is 330 g/mol. The van der Waals surface area contributed by atoms with Crippen LogP contribution in [0.3, 0.4) is 0 Å². The number of ether oxygens (including phenoxy) is 1. The zero-order valence-electron chi connectivity index (χ0n) is 13.4. The van der Waals surface area contributed by atoms with Crippen LogP contribution < -0.4 is 4.74 Å². The molecule has 0 radical (unpaired) electrons. The van der Waals surface area contributed by atoms with Gasteiger partial charge in [0.1, 0.15) is 29.8 Å². The third kappa shape index (κ3) is 2.95. The maximum atomic E-state index is 11.0. The van der Waals surface area contributed by atoms with Crippen molar-refractivity contribution in [1.82, 2.24) is 14.8 Å². The minimum absolute atomic E-state index is 0.0137. The van der Waals surface area contributed by atoms with Gasteiger partial charge in [-0.1, -0.05) is 6.07 Å².